The van der Waals surface area contributed by atoms with Gasteiger partial charge in [0.25, 0.3) is 0 Å². The molecule has 1 aliphatic heterocycles. The van der Waals surface area contributed by atoms with Crippen LogP contribution in [-0.4, -0.2) is 66.9 Å². The lowest BCUT2D eigenvalue weighted by Gasteiger charge is -2.34. The topological polar surface area (TPSA) is 35.9 Å². The van der Waals surface area contributed by atoms with Crippen LogP contribution in [-0.2, 0) is 0 Å². The van der Waals surface area contributed by atoms with Gasteiger partial charge in [-0.1, -0.05) is 30.1 Å². The van der Waals surface area contributed by atoms with Gasteiger partial charge in [-0.3, -0.25) is 4.90 Å². The SMILES string of the molecule is CCN1CCN(C[C@@H](O)COc2ccc(Cl)cc2Cl)CC1. The zero-order valence-corrected chi connectivity index (χ0v) is 13.8. The van der Waals surface area contributed by atoms with Gasteiger partial charge in [0.2, 0.25) is 0 Å². The summed E-state index contributed by atoms with van der Waals surface area (Å²) in [7, 11) is 0. The first-order chi connectivity index (χ1) is 10.1. The molecular weight excluding hydrogens is 311 g/mol. The van der Waals surface area contributed by atoms with Crippen molar-refractivity contribution in [2.75, 3.05) is 45.9 Å². The standard InChI is InChI=1S/C15H22Cl2N2O2/c1-2-18-5-7-19(8-6-18)10-13(20)11-21-15-4-3-12(16)9-14(15)17/h3-4,9,13,20H,2,5-8,10-11H2,1H3/t13-/m1/s1. The summed E-state index contributed by atoms with van der Waals surface area (Å²) in [5.74, 6) is 0.552. The summed E-state index contributed by atoms with van der Waals surface area (Å²) in [5.41, 5.74) is 0. The van der Waals surface area contributed by atoms with Crippen LogP contribution in [0.3, 0.4) is 0 Å². The number of aliphatic hydroxyl groups is 1. The minimum Gasteiger partial charge on any atom is -0.489 e. The van der Waals surface area contributed by atoms with Crippen molar-refractivity contribution >= 4 is 23.2 Å². The van der Waals surface area contributed by atoms with Crippen LogP contribution in [0.25, 0.3) is 0 Å². The van der Waals surface area contributed by atoms with Crippen LogP contribution in [0, 0.1) is 0 Å². The number of nitrogens with zero attached hydrogens (tertiary/aromatic N) is 2. The normalized spacial score (nSPS) is 18.7. The Morgan fingerprint density at radius 3 is 2.48 bits per heavy atom. The molecule has 0 unspecified atom stereocenters. The van der Waals surface area contributed by atoms with Crippen molar-refractivity contribution < 1.29 is 9.84 Å². The predicted octanol–water partition coefficient (Wildman–Crippen LogP) is 2.37. The predicted molar refractivity (Wildman–Crippen MR) is 86.5 cm³/mol. The number of rotatable bonds is 6. The van der Waals surface area contributed by atoms with E-state index in [0.717, 1.165) is 32.7 Å². The molecule has 1 fully saturated rings. The Balaban J connectivity index is 1.73. The largest absolute Gasteiger partial charge is 0.489 e. The van der Waals surface area contributed by atoms with Crippen LogP contribution in [0.15, 0.2) is 18.2 Å². The van der Waals surface area contributed by atoms with E-state index in [1.807, 2.05) is 0 Å². The zero-order valence-electron chi connectivity index (χ0n) is 12.3. The number of hydrogen-bond acceptors (Lipinski definition) is 4. The number of ether oxygens (including phenoxy) is 1. The number of aliphatic hydroxyl groups excluding tert-OH is 1. The Morgan fingerprint density at radius 1 is 1.19 bits per heavy atom. The first-order valence-electron chi connectivity index (χ1n) is 7.29. The monoisotopic (exact) mass is 332 g/mol. The Bertz CT molecular complexity index is 451. The molecule has 1 aromatic rings. The molecule has 0 saturated carbocycles. The van der Waals surface area contributed by atoms with E-state index in [-0.39, 0.29) is 6.61 Å². The summed E-state index contributed by atoms with van der Waals surface area (Å²) in [6, 6.07) is 5.07. The lowest BCUT2D eigenvalue weighted by molar-refractivity contribution is 0.0471. The number of piperazine rings is 1. The van der Waals surface area contributed by atoms with Crippen molar-refractivity contribution in [3.8, 4) is 5.75 Å². The van der Waals surface area contributed by atoms with Crippen LogP contribution in [0.2, 0.25) is 10.0 Å². The van der Waals surface area contributed by atoms with Crippen LogP contribution in [0.1, 0.15) is 6.92 Å². The van der Waals surface area contributed by atoms with Gasteiger partial charge in [0.15, 0.2) is 0 Å². The summed E-state index contributed by atoms with van der Waals surface area (Å²) in [5, 5.41) is 11.1. The first kappa shape index (κ1) is 16.8. The minimum absolute atomic E-state index is 0.231. The Labute approximate surface area is 136 Å². The number of halogens is 2. The fourth-order valence-corrected chi connectivity index (χ4v) is 2.88. The molecule has 1 heterocycles. The second-order valence-electron chi connectivity index (χ2n) is 5.27. The molecule has 0 spiro atoms. The Morgan fingerprint density at radius 2 is 1.86 bits per heavy atom. The highest BCUT2D eigenvalue weighted by molar-refractivity contribution is 6.35. The highest BCUT2D eigenvalue weighted by atomic mass is 35.5. The molecule has 4 nitrogen and oxygen atoms in total. The molecule has 1 N–H and O–H groups in total. The van der Waals surface area contributed by atoms with Crippen LogP contribution in [0.4, 0.5) is 0 Å². The molecule has 118 valence electrons. The number of benzene rings is 1. The highest BCUT2D eigenvalue weighted by Crippen LogP contribution is 2.27. The number of likely N-dealkylation sites (N-methyl/N-ethyl adjacent to an activating group) is 1. The van der Waals surface area contributed by atoms with E-state index >= 15 is 0 Å². The van der Waals surface area contributed by atoms with Crippen LogP contribution < -0.4 is 4.74 Å². The average Bonchev–Trinajstić information content (AvgIpc) is 2.47. The molecule has 1 aromatic carbocycles. The van der Waals surface area contributed by atoms with Crippen molar-refractivity contribution in [1.82, 2.24) is 9.80 Å². The van der Waals surface area contributed by atoms with E-state index in [9.17, 15) is 5.11 Å². The van der Waals surface area contributed by atoms with E-state index in [4.69, 9.17) is 27.9 Å². The molecule has 2 rings (SSSR count). The van der Waals surface area contributed by atoms with E-state index in [2.05, 4.69) is 16.7 Å². The van der Waals surface area contributed by atoms with E-state index in [0.29, 0.717) is 22.3 Å². The quantitative estimate of drug-likeness (QED) is 0.867. The molecule has 0 aliphatic carbocycles. The maximum atomic E-state index is 10.1. The fraction of sp³-hybridized carbons (Fsp3) is 0.600. The molecule has 0 bridgehead atoms. The van der Waals surface area contributed by atoms with Gasteiger partial charge in [0.05, 0.1) is 5.02 Å². The third-order valence-electron chi connectivity index (χ3n) is 3.71. The summed E-state index contributed by atoms with van der Waals surface area (Å²) >= 11 is 11.9. The van der Waals surface area contributed by atoms with Gasteiger partial charge in [-0.15, -0.1) is 0 Å². The van der Waals surface area contributed by atoms with E-state index in [1.165, 1.54) is 0 Å². The van der Waals surface area contributed by atoms with Gasteiger partial charge in [0.1, 0.15) is 18.5 Å². The Kier molecular flexibility index (Phi) is 6.58. The maximum Gasteiger partial charge on any atom is 0.138 e. The number of hydrogen-bond donors (Lipinski definition) is 1. The van der Waals surface area contributed by atoms with Gasteiger partial charge < -0.3 is 14.7 Å². The second-order valence-corrected chi connectivity index (χ2v) is 6.12. The summed E-state index contributed by atoms with van der Waals surface area (Å²) in [4.78, 5) is 4.68. The van der Waals surface area contributed by atoms with Crippen molar-refractivity contribution in [2.45, 2.75) is 13.0 Å². The third kappa shape index (κ3) is 5.31. The molecule has 1 atom stereocenters. The summed E-state index contributed by atoms with van der Waals surface area (Å²) in [6.45, 7) is 8.24. The fourth-order valence-electron chi connectivity index (χ4n) is 2.42. The summed E-state index contributed by atoms with van der Waals surface area (Å²) in [6.07, 6.45) is -0.523. The maximum absolute atomic E-state index is 10.1. The zero-order chi connectivity index (χ0) is 15.2. The van der Waals surface area contributed by atoms with Gasteiger partial charge in [-0.25, -0.2) is 0 Å². The lowest BCUT2D eigenvalue weighted by Crippen LogP contribution is -2.49. The van der Waals surface area contributed by atoms with E-state index < -0.39 is 6.10 Å². The molecular formula is C15H22Cl2N2O2. The molecule has 0 aromatic heterocycles. The minimum atomic E-state index is -0.523. The molecule has 6 heteroatoms. The molecule has 0 amide bonds. The number of β-amino-alcohol motifs (C(OH)–C–C–N with tert-alkyl or cyclic N) is 1. The van der Waals surface area contributed by atoms with Crippen molar-refractivity contribution in [3.05, 3.63) is 28.2 Å². The third-order valence-corrected chi connectivity index (χ3v) is 4.24. The molecule has 21 heavy (non-hydrogen) atoms. The van der Waals surface area contributed by atoms with Gasteiger partial charge >= 0.3 is 0 Å². The van der Waals surface area contributed by atoms with Crippen LogP contribution >= 0.6 is 23.2 Å². The Hall–Kier alpha value is -0.520. The molecule has 1 aliphatic rings. The van der Waals surface area contributed by atoms with Crippen molar-refractivity contribution in [2.24, 2.45) is 0 Å². The van der Waals surface area contributed by atoms with Gasteiger partial charge in [0, 0.05) is 37.7 Å². The van der Waals surface area contributed by atoms with E-state index in [1.54, 1.807) is 18.2 Å². The van der Waals surface area contributed by atoms with Crippen molar-refractivity contribution in [1.29, 1.82) is 0 Å². The first-order valence-corrected chi connectivity index (χ1v) is 8.04. The second kappa shape index (κ2) is 8.20. The van der Waals surface area contributed by atoms with Gasteiger partial charge in [-0.05, 0) is 24.7 Å². The highest BCUT2D eigenvalue weighted by Gasteiger charge is 2.18. The smallest absolute Gasteiger partial charge is 0.138 e. The molecule has 0 radical (unpaired) electrons. The average molecular weight is 333 g/mol. The van der Waals surface area contributed by atoms with Crippen LogP contribution in [0.5, 0.6) is 5.75 Å². The van der Waals surface area contributed by atoms with Gasteiger partial charge in [-0.2, -0.15) is 0 Å². The lowest BCUT2D eigenvalue weighted by atomic mass is 10.2. The molecule has 1 saturated heterocycles. The van der Waals surface area contributed by atoms with Crippen molar-refractivity contribution in [3.63, 3.8) is 0 Å². The summed E-state index contributed by atoms with van der Waals surface area (Å²) < 4.78 is 5.56.